The monoisotopic (exact) mass is 362 g/mol. The zero-order valence-corrected chi connectivity index (χ0v) is 14.6. The first kappa shape index (κ1) is 15.8. The van der Waals surface area contributed by atoms with Gasteiger partial charge in [-0.1, -0.05) is 0 Å². The Morgan fingerprint density at radius 2 is 1.81 bits per heavy atom. The fraction of sp³-hybridized carbons (Fsp3) is 0.263. The lowest BCUT2D eigenvalue weighted by molar-refractivity contribution is 0.0996. The minimum Gasteiger partial charge on any atom is -0.357 e. The number of carbonyl (C=O) groups excluding carboxylic acids is 1. The second-order valence-corrected chi connectivity index (χ2v) is 6.81. The van der Waals surface area contributed by atoms with Gasteiger partial charge in [0, 0.05) is 31.5 Å². The third kappa shape index (κ3) is 2.69. The highest BCUT2D eigenvalue weighted by Gasteiger charge is 2.32. The van der Waals surface area contributed by atoms with Gasteiger partial charge in [0.25, 0.3) is 5.91 Å². The zero-order chi connectivity index (χ0) is 18.4. The van der Waals surface area contributed by atoms with E-state index in [1.165, 1.54) is 18.9 Å². The molecule has 0 unspecified atom stereocenters. The van der Waals surface area contributed by atoms with Gasteiger partial charge in [-0.25, -0.2) is 9.67 Å². The molecule has 1 N–H and O–H groups in total. The van der Waals surface area contributed by atoms with Gasteiger partial charge in [-0.15, -0.1) is 0 Å². The molecule has 8 heteroatoms. The summed E-state index contributed by atoms with van der Waals surface area (Å²) in [4.78, 5) is 34.9. The number of anilines is 2. The lowest BCUT2D eigenvalue weighted by atomic mass is 10.3. The summed E-state index contributed by atoms with van der Waals surface area (Å²) in [7, 11) is 0. The number of rotatable bonds is 3. The number of amides is 1. The number of aromatic nitrogens is 4. The van der Waals surface area contributed by atoms with E-state index in [0.29, 0.717) is 17.8 Å². The van der Waals surface area contributed by atoms with Crippen molar-refractivity contribution >= 4 is 17.4 Å². The summed E-state index contributed by atoms with van der Waals surface area (Å²) in [6.07, 6.45) is 7.50. The van der Waals surface area contributed by atoms with Crippen LogP contribution in [0.15, 0.2) is 47.7 Å². The van der Waals surface area contributed by atoms with E-state index < -0.39 is 0 Å². The van der Waals surface area contributed by atoms with Crippen molar-refractivity contribution in [1.82, 2.24) is 19.7 Å². The van der Waals surface area contributed by atoms with Gasteiger partial charge in [-0.05, 0) is 31.0 Å². The first-order valence-corrected chi connectivity index (χ1v) is 8.99. The predicted molar refractivity (Wildman–Crippen MR) is 100 cm³/mol. The van der Waals surface area contributed by atoms with Gasteiger partial charge in [0.2, 0.25) is 5.56 Å². The van der Waals surface area contributed by atoms with Crippen LogP contribution in [0.4, 0.5) is 11.5 Å². The molecule has 2 aliphatic heterocycles. The van der Waals surface area contributed by atoms with Crippen molar-refractivity contribution in [2.24, 2.45) is 0 Å². The van der Waals surface area contributed by atoms with E-state index in [0.717, 1.165) is 30.3 Å². The van der Waals surface area contributed by atoms with Gasteiger partial charge in [0.1, 0.15) is 5.82 Å². The first-order valence-electron chi connectivity index (χ1n) is 8.99. The number of aromatic amines is 1. The van der Waals surface area contributed by atoms with Crippen molar-refractivity contribution in [2.75, 3.05) is 22.9 Å². The maximum Gasteiger partial charge on any atom is 0.262 e. The number of nitrogens with one attached hydrogen (secondary N) is 1. The van der Waals surface area contributed by atoms with Crippen molar-refractivity contribution in [2.45, 2.75) is 19.4 Å². The van der Waals surface area contributed by atoms with E-state index in [-0.39, 0.29) is 11.5 Å². The topological polar surface area (TPSA) is 87.1 Å². The van der Waals surface area contributed by atoms with Crippen LogP contribution in [-0.2, 0) is 6.54 Å². The van der Waals surface area contributed by atoms with E-state index in [2.05, 4.69) is 20.0 Å². The normalized spacial score (nSPS) is 16.2. The number of nitrogens with zero attached hydrogens (tertiary/aromatic N) is 5. The van der Waals surface area contributed by atoms with Crippen molar-refractivity contribution in [3.8, 4) is 5.69 Å². The van der Waals surface area contributed by atoms with E-state index >= 15 is 0 Å². The summed E-state index contributed by atoms with van der Waals surface area (Å²) in [5, 5.41) is 4.56. The molecule has 0 spiro atoms. The highest BCUT2D eigenvalue weighted by atomic mass is 16.2. The molecular weight excluding hydrogens is 344 g/mol. The van der Waals surface area contributed by atoms with Crippen LogP contribution in [-0.4, -0.2) is 38.7 Å². The molecule has 3 aromatic heterocycles. The Bertz CT molecular complexity index is 1040. The molecule has 0 aliphatic carbocycles. The van der Waals surface area contributed by atoms with Crippen LogP contribution in [0.25, 0.3) is 5.69 Å². The fourth-order valence-electron chi connectivity index (χ4n) is 3.63. The summed E-state index contributed by atoms with van der Waals surface area (Å²) in [6.45, 7) is 2.49. The molecule has 136 valence electrons. The highest BCUT2D eigenvalue weighted by molar-refractivity contribution is 6.09. The number of hydrogen-bond donors (Lipinski definition) is 1. The van der Waals surface area contributed by atoms with Crippen LogP contribution in [0.2, 0.25) is 0 Å². The summed E-state index contributed by atoms with van der Waals surface area (Å²) >= 11 is 0. The Labute approximate surface area is 155 Å². The Kier molecular flexibility index (Phi) is 3.56. The molecule has 0 saturated carbocycles. The molecule has 0 bridgehead atoms. The van der Waals surface area contributed by atoms with Crippen LogP contribution in [0.1, 0.15) is 28.9 Å². The van der Waals surface area contributed by atoms with Gasteiger partial charge in [0.05, 0.1) is 35.4 Å². The number of carbonyl (C=O) groups is 1. The van der Waals surface area contributed by atoms with E-state index in [1.807, 2.05) is 12.1 Å². The van der Waals surface area contributed by atoms with E-state index in [1.54, 1.807) is 34.2 Å². The van der Waals surface area contributed by atoms with E-state index in [4.69, 9.17) is 0 Å². The molecule has 5 rings (SSSR count). The largest absolute Gasteiger partial charge is 0.357 e. The summed E-state index contributed by atoms with van der Waals surface area (Å²) < 4.78 is 1.70. The molecule has 1 amide bonds. The van der Waals surface area contributed by atoms with Crippen LogP contribution < -0.4 is 15.4 Å². The van der Waals surface area contributed by atoms with Crippen LogP contribution >= 0.6 is 0 Å². The summed E-state index contributed by atoms with van der Waals surface area (Å²) in [5.74, 6) is 0.862. The van der Waals surface area contributed by atoms with Crippen LogP contribution in [0, 0.1) is 0 Å². The first-order chi connectivity index (χ1) is 13.2. The van der Waals surface area contributed by atoms with Gasteiger partial charge in [-0.3, -0.25) is 9.59 Å². The average molecular weight is 362 g/mol. The molecule has 0 radical (unpaired) electrons. The molecule has 27 heavy (non-hydrogen) atoms. The SMILES string of the molecule is O=C1c2cn(-c3ccc(N4CCCC4)nc3)nc2CN1c1ccc(=O)[nH]c1. The van der Waals surface area contributed by atoms with Crippen molar-refractivity contribution < 1.29 is 4.79 Å². The Balaban J connectivity index is 1.39. The smallest absolute Gasteiger partial charge is 0.262 e. The molecular formula is C19H18N6O2. The predicted octanol–water partition coefficient (Wildman–Crippen LogP) is 1.72. The van der Waals surface area contributed by atoms with Gasteiger partial charge < -0.3 is 14.8 Å². The van der Waals surface area contributed by atoms with E-state index in [9.17, 15) is 9.59 Å². The zero-order valence-electron chi connectivity index (χ0n) is 14.6. The second-order valence-electron chi connectivity index (χ2n) is 6.81. The summed E-state index contributed by atoms with van der Waals surface area (Å²) in [5.41, 5.74) is 2.58. The Hall–Kier alpha value is -3.42. The lowest BCUT2D eigenvalue weighted by Gasteiger charge is -2.16. The maximum absolute atomic E-state index is 12.7. The number of pyridine rings is 2. The molecule has 3 aromatic rings. The fourth-order valence-corrected chi connectivity index (χ4v) is 3.63. The highest BCUT2D eigenvalue weighted by Crippen LogP contribution is 2.27. The standard InChI is InChI=1S/C19H18N6O2/c26-18-6-4-13(9-21-18)24-12-16-15(19(24)27)11-25(22-16)14-3-5-17(20-10-14)23-7-1-2-8-23/h3-6,9-11H,1-2,7-8,12H2,(H,21,26). The lowest BCUT2D eigenvalue weighted by Crippen LogP contribution is -2.24. The van der Waals surface area contributed by atoms with Gasteiger partial charge in [0.15, 0.2) is 0 Å². The molecule has 5 heterocycles. The van der Waals surface area contributed by atoms with Crippen LogP contribution in [0.5, 0.6) is 0 Å². The third-order valence-corrected chi connectivity index (χ3v) is 5.08. The molecule has 1 fully saturated rings. The number of H-pyrrole nitrogens is 1. The van der Waals surface area contributed by atoms with Crippen LogP contribution in [0.3, 0.4) is 0 Å². The molecule has 0 atom stereocenters. The number of fused-ring (bicyclic) bond motifs is 1. The number of hydrogen-bond acceptors (Lipinski definition) is 5. The Morgan fingerprint density at radius 3 is 2.48 bits per heavy atom. The van der Waals surface area contributed by atoms with Crippen molar-refractivity contribution in [3.05, 3.63) is 64.5 Å². The maximum atomic E-state index is 12.7. The van der Waals surface area contributed by atoms with Crippen molar-refractivity contribution in [3.63, 3.8) is 0 Å². The second kappa shape index (κ2) is 6.08. The van der Waals surface area contributed by atoms with Gasteiger partial charge in [-0.2, -0.15) is 5.10 Å². The minimum absolute atomic E-state index is 0.120. The molecule has 0 aromatic carbocycles. The average Bonchev–Trinajstić information content (AvgIpc) is 3.41. The molecule has 1 saturated heterocycles. The summed E-state index contributed by atoms with van der Waals surface area (Å²) in [6, 6.07) is 7.03. The minimum atomic E-state index is -0.196. The molecule has 8 nitrogen and oxygen atoms in total. The van der Waals surface area contributed by atoms with Gasteiger partial charge >= 0.3 is 0 Å². The van der Waals surface area contributed by atoms with Crippen molar-refractivity contribution in [1.29, 1.82) is 0 Å². The Morgan fingerprint density at radius 1 is 1.00 bits per heavy atom. The molecule has 2 aliphatic rings. The third-order valence-electron chi connectivity index (χ3n) is 5.08. The quantitative estimate of drug-likeness (QED) is 0.767.